The molecule has 0 aliphatic carbocycles. The molecule has 0 radical (unpaired) electrons. The van der Waals surface area contributed by atoms with Crippen molar-refractivity contribution < 1.29 is 33.8 Å². The summed E-state index contributed by atoms with van der Waals surface area (Å²) in [5.41, 5.74) is -0.223. The molecule has 3 unspecified atom stereocenters. The Bertz CT molecular complexity index is 1340. The lowest BCUT2D eigenvalue weighted by atomic mass is 9.96. The summed E-state index contributed by atoms with van der Waals surface area (Å²) >= 11 is 0. The number of para-hydroxylation sites is 1. The lowest BCUT2D eigenvalue weighted by Gasteiger charge is -2.36. The van der Waals surface area contributed by atoms with Crippen LogP contribution in [-0.2, 0) is 30.3 Å². The lowest BCUT2D eigenvalue weighted by molar-refractivity contribution is -0.159. The number of amides is 3. The quantitative estimate of drug-likeness (QED) is 0.214. The Morgan fingerprint density at radius 1 is 0.911 bits per heavy atom. The van der Waals surface area contributed by atoms with Gasteiger partial charge in [0.1, 0.15) is 35.1 Å². The number of nitrogens with one attached hydrogen (secondary N) is 2. The van der Waals surface area contributed by atoms with Gasteiger partial charge in [-0.3, -0.25) is 9.59 Å². The van der Waals surface area contributed by atoms with Crippen LogP contribution in [0.1, 0.15) is 78.1 Å². The molecule has 0 spiro atoms. The summed E-state index contributed by atoms with van der Waals surface area (Å²) < 4.78 is 11.0. The molecule has 2 aromatic carbocycles. The molecule has 45 heavy (non-hydrogen) atoms. The van der Waals surface area contributed by atoms with E-state index in [0.29, 0.717) is 5.56 Å². The Hall–Kier alpha value is -4.34. The summed E-state index contributed by atoms with van der Waals surface area (Å²) in [6.45, 7) is 19.2. The van der Waals surface area contributed by atoms with Crippen molar-refractivity contribution in [1.29, 1.82) is 0 Å². The number of ether oxygens (including phenoxy) is 2. The molecular formula is C35H49N3O7. The van der Waals surface area contributed by atoms with Crippen LogP contribution >= 0.6 is 0 Å². The van der Waals surface area contributed by atoms with Gasteiger partial charge >= 0.3 is 12.1 Å². The van der Waals surface area contributed by atoms with Gasteiger partial charge in [0.25, 0.3) is 0 Å². The highest BCUT2D eigenvalue weighted by molar-refractivity contribution is 5.94. The van der Waals surface area contributed by atoms with Gasteiger partial charge in [0.15, 0.2) is 0 Å². The van der Waals surface area contributed by atoms with Crippen LogP contribution in [0.2, 0.25) is 0 Å². The number of phenols is 1. The topological polar surface area (TPSA) is 134 Å². The third-order valence-corrected chi connectivity index (χ3v) is 6.63. The van der Waals surface area contributed by atoms with Gasteiger partial charge in [-0.2, -0.15) is 0 Å². The summed E-state index contributed by atoms with van der Waals surface area (Å²) in [4.78, 5) is 55.9. The molecule has 3 N–H and O–H groups in total. The smallest absolute Gasteiger partial charge is 0.408 e. The van der Waals surface area contributed by atoms with E-state index in [1.165, 1.54) is 11.0 Å². The predicted molar refractivity (Wildman–Crippen MR) is 173 cm³/mol. The van der Waals surface area contributed by atoms with Crippen molar-refractivity contribution in [2.24, 2.45) is 5.92 Å². The number of nitrogens with zero attached hydrogens (tertiary/aromatic N) is 1. The highest BCUT2D eigenvalue weighted by Gasteiger charge is 2.40. The van der Waals surface area contributed by atoms with Crippen molar-refractivity contribution >= 4 is 23.9 Å². The molecule has 0 bridgehead atoms. The zero-order valence-electron chi connectivity index (χ0n) is 28.0. The maximum absolute atomic E-state index is 14.3. The highest BCUT2D eigenvalue weighted by atomic mass is 16.6. The van der Waals surface area contributed by atoms with Crippen molar-refractivity contribution in [2.45, 2.75) is 98.1 Å². The fourth-order valence-electron chi connectivity index (χ4n) is 4.61. The molecule has 3 atom stereocenters. The van der Waals surface area contributed by atoms with Crippen LogP contribution in [0.3, 0.4) is 0 Å². The van der Waals surface area contributed by atoms with Gasteiger partial charge in [-0.25, -0.2) is 9.59 Å². The van der Waals surface area contributed by atoms with Crippen LogP contribution in [0, 0.1) is 12.8 Å². The van der Waals surface area contributed by atoms with Crippen LogP contribution < -0.4 is 10.6 Å². The van der Waals surface area contributed by atoms with Gasteiger partial charge in [0.05, 0.1) is 0 Å². The lowest BCUT2D eigenvalue weighted by Crippen LogP contribution is -2.56. The van der Waals surface area contributed by atoms with E-state index in [0.717, 1.165) is 5.56 Å². The van der Waals surface area contributed by atoms with E-state index in [4.69, 9.17) is 9.47 Å². The Labute approximate surface area is 267 Å². The number of alkyl carbamates (subject to hydrolysis) is 1. The molecule has 0 heterocycles. The number of benzene rings is 2. The Morgan fingerprint density at radius 2 is 1.51 bits per heavy atom. The van der Waals surface area contributed by atoms with E-state index in [2.05, 4.69) is 17.2 Å². The molecule has 0 fully saturated rings. The number of hydrogen-bond acceptors (Lipinski definition) is 7. The Morgan fingerprint density at radius 3 is 2.04 bits per heavy atom. The summed E-state index contributed by atoms with van der Waals surface area (Å²) in [7, 11) is 0. The van der Waals surface area contributed by atoms with Crippen molar-refractivity contribution in [2.75, 3.05) is 6.54 Å². The van der Waals surface area contributed by atoms with E-state index in [1.807, 2.05) is 30.3 Å². The van der Waals surface area contributed by atoms with Gasteiger partial charge in [0.2, 0.25) is 11.8 Å². The van der Waals surface area contributed by atoms with E-state index in [-0.39, 0.29) is 24.3 Å². The Kier molecular flexibility index (Phi) is 12.8. The largest absolute Gasteiger partial charge is 0.507 e. The summed E-state index contributed by atoms with van der Waals surface area (Å²) in [6, 6.07) is 10.4. The fraction of sp³-hybridized carbons (Fsp3) is 0.486. The van der Waals surface area contributed by atoms with Crippen LogP contribution in [0.15, 0.2) is 61.2 Å². The summed E-state index contributed by atoms with van der Waals surface area (Å²) in [6.07, 6.45) is 0.782. The number of hydrogen-bond donors (Lipinski definition) is 3. The number of carbonyl (C=O) groups excluding carboxylic acids is 4. The SMILES string of the molecule is C=CCN(C(=O)C(NC(=O)OC(C)(C)C)C(C)C)C(C(=O)NC(Cc1ccccc1)C(=O)OC(C)(C)C)c1cccc(C)c1O. The van der Waals surface area contributed by atoms with Crippen LogP contribution in [-0.4, -0.2) is 63.7 Å². The van der Waals surface area contributed by atoms with Crippen LogP contribution in [0.25, 0.3) is 0 Å². The number of esters is 1. The second-order valence-corrected chi connectivity index (χ2v) is 13.3. The van der Waals surface area contributed by atoms with Gasteiger partial charge < -0.3 is 30.1 Å². The molecule has 0 saturated carbocycles. The van der Waals surface area contributed by atoms with Gasteiger partial charge in [-0.05, 0) is 65.5 Å². The second-order valence-electron chi connectivity index (χ2n) is 13.3. The zero-order valence-corrected chi connectivity index (χ0v) is 28.0. The first-order chi connectivity index (χ1) is 20.8. The molecule has 2 aromatic rings. The summed E-state index contributed by atoms with van der Waals surface area (Å²) in [5, 5.41) is 16.6. The van der Waals surface area contributed by atoms with E-state index >= 15 is 0 Å². The molecule has 0 saturated heterocycles. The first-order valence-corrected chi connectivity index (χ1v) is 15.1. The maximum atomic E-state index is 14.3. The molecule has 10 heteroatoms. The number of rotatable bonds is 12. The second kappa shape index (κ2) is 15.6. The fourth-order valence-corrected chi connectivity index (χ4v) is 4.61. The average Bonchev–Trinajstić information content (AvgIpc) is 2.91. The first kappa shape index (κ1) is 36.8. The molecule has 10 nitrogen and oxygen atoms in total. The predicted octanol–water partition coefficient (Wildman–Crippen LogP) is 5.37. The number of carbonyl (C=O) groups is 4. The normalized spacial score (nSPS) is 13.6. The average molecular weight is 624 g/mol. The highest BCUT2D eigenvalue weighted by Crippen LogP contribution is 2.33. The monoisotopic (exact) mass is 623 g/mol. The molecule has 0 aliphatic rings. The van der Waals surface area contributed by atoms with Crippen molar-refractivity contribution in [3.8, 4) is 5.75 Å². The third-order valence-electron chi connectivity index (χ3n) is 6.63. The van der Waals surface area contributed by atoms with Crippen molar-refractivity contribution in [1.82, 2.24) is 15.5 Å². The minimum absolute atomic E-state index is 0.112. The minimum atomic E-state index is -1.40. The van der Waals surface area contributed by atoms with Gasteiger partial charge in [0, 0.05) is 18.5 Å². The Balaban J connectivity index is 2.63. The standard InChI is InChI=1S/C35H49N3O7/c1-11-20-38(31(41)27(22(2)3)37-33(43)45-35(8,9)10)28(25-19-15-16-23(4)29(25)39)30(40)36-26(32(42)44-34(5,6)7)21-24-17-13-12-14-18-24/h11-19,22,26-28,39H,1,20-21H2,2-10H3,(H,36,40)(H,37,43). The molecule has 246 valence electrons. The number of phenolic OH excluding ortho intramolecular Hbond substituents is 1. The minimum Gasteiger partial charge on any atom is -0.507 e. The molecule has 3 amide bonds. The zero-order chi connectivity index (χ0) is 34.1. The van der Waals surface area contributed by atoms with Crippen LogP contribution in [0.5, 0.6) is 5.75 Å². The third kappa shape index (κ3) is 11.3. The van der Waals surface area contributed by atoms with E-state index in [1.54, 1.807) is 80.5 Å². The van der Waals surface area contributed by atoms with E-state index in [9.17, 15) is 24.3 Å². The number of aromatic hydroxyl groups is 1. The molecule has 0 aliphatic heterocycles. The molecular weight excluding hydrogens is 574 g/mol. The summed E-state index contributed by atoms with van der Waals surface area (Å²) in [5.74, 6) is -2.57. The number of aryl methyl sites for hydroxylation is 1. The van der Waals surface area contributed by atoms with E-state index < -0.39 is 59.1 Å². The molecule has 2 rings (SSSR count). The maximum Gasteiger partial charge on any atom is 0.408 e. The molecule has 0 aromatic heterocycles. The van der Waals surface area contributed by atoms with Crippen molar-refractivity contribution in [3.05, 3.63) is 77.9 Å². The first-order valence-electron chi connectivity index (χ1n) is 15.1. The van der Waals surface area contributed by atoms with Gasteiger partial charge in [-0.15, -0.1) is 6.58 Å². The van der Waals surface area contributed by atoms with Gasteiger partial charge in [-0.1, -0.05) is 68.5 Å². The van der Waals surface area contributed by atoms with Crippen molar-refractivity contribution in [3.63, 3.8) is 0 Å². The van der Waals surface area contributed by atoms with Crippen LogP contribution in [0.4, 0.5) is 4.79 Å².